The third kappa shape index (κ3) is 3.07. The predicted molar refractivity (Wildman–Crippen MR) is 82.3 cm³/mol. The number of anilines is 1. The summed E-state index contributed by atoms with van der Waals surface area (Å²) in [4.78, 5) is 4.80. The molecule has 2 unspecified atom stereocenters. The lowest BCUT2D eigenvalue weighted by Gasteiger charge is -2.26. The van der Waals surface area contributed by atoms with E-state index in [2.05, 4.69) is 23.6 Å². The number of hydrogen-bond donors (Lipinski definition) is 2. The van der Waals surface area contributed by atoms with E-state index in [1.54, 1.807) is 13.0 Å². The molecule has 0 spiro atoms. The maximum absolute atomic E-state index is 9.99. The summed E-state index contributed by atoms with van der Waals surface area (Å²) in [5.41, 5.74) is 1.63. The number of phenols is 1. The van der Waals surface area contributed by atoms with Crippen molar-refractivity contribution in [3.05, 3.63) is 23.8 Å². The molecule has 2 atom stereocenters. The molecule has 1 fully saturated rings. The molecular weight excluding hydrogens is 252 g/mol. The van der Waals surface area contributed by atoms with Gasteiger partial charge in [-0.05, 0) is 32.5 Å². The maximum Gasteiger partial charge on any atom is 0.123 e. The van der Waals surface area contributed by atoms with E-state index in [0.29, 0.717) is 11.6 Å². The lowest BCUT2D eigenvalue weighted by Crippen LogP contribution is -2.37. The highest BCUT2D eigenvalue weighted by Gasteiger charge is 2.26. The fourth-order valence-electron chi connectivity index (χ4n) is 3.10. The smallest absolute Gasteiger partial charge is 0.123 e. The summed E-state index contributed by atoms with van der Waals surface area (Å²) in [5, 5.41) is 19.6. The molecule has 1 heterocycles. The highest BCUT2D eigenvalue weighted by atomic mass is 16.3. The summed E-state index contributed by atoms with van der Waals surface area (Å²) in [6.07, 6.45) is 0.534. The maximum atomic E-state index is 9.99. The molecule has 4 heteroatoms. The SMILES string of the molecule is CCN(CC)C1CCN(c2ccc(C(C)O)c(O)c2)C1. The summed E-state index contributed by atoms with van der Waals surface area (Å²) in [6.45, 7) is 10.3. The van der Waals surface area contributed by atoms with E-state index < -0.39 is 6.10 Å². The number of rotatable bonds is 5. The second kappa shape index (κ2) is 6.46. The Hall–Kier alpha value is -1.26. The van der Waals surface area contributed by atoms with Gasteiger partial charge in [0.15, 0.2) is 0 Å². The summed E-state index contributed by atoms with van der Waals surface area (Å²) < 4.78 is 0. The first-order valence-corrected chi connectivity index (χ1v) is 7.56. The molecule has 1 aliphatic heterocycles. The van der Waals surface area contributed by atoms with Gasteiger partial charge in [0.05, 0.1) is 6.10 Å². The molecule has 20 heavy (non-hydrogen) atoms. The minimum Gasteiger partial charge on any atom is -0.507 e. The Morgan fingerprint density at radius 3 is 2.60 bits per heavy atom. The van der Waals surface area contributed by atoms with Crippen molar-refractivity contribution < 1.29 is 10.2 Å². The van der Waals surface area contributed by atoms with Gasteiger partial charge in [-0.1, -0.05) is 19.9 Å². The van der Waals surface area contributed by atoms with Crippen molar-refractivity contribution in [2.24, 2.45) is 0 Å². The second-order valence-electron chi connectivity index (χ2n) is 5.53. The van der Waals surface area contributed by atoms with E-state index in [-0.39, 0.29) is 5.75 Å². The average Bonchev–Trinajstić information content (AvgIpc) is 2.89. The summed E-state index contributed by atoms with van der Waals surface area (Å²) in [6, 6.07) is 6.18. The van der Waals surface area contributed by atoms with Crippen LogP contribution in [0.4, 0.5) is 5.69 Å². The lowest BCUT2D eigenvalue weighted by atomic mass is 10.1. The standard InChI is InChI=1S/C16H26N2O2/c1-4-17(5-2)14-8-9-18(11-14)13-6-7-15(12(3)19)16(20)10-13/h6-7,10,12,14,19-20H,4-5,8-9,11H2,1-3H3. The monoisotopic (exact) mass is 278 g/mol. The average molecular weight is 278 g/mol. The zero-order chi connectivity index (χ0) is 14.7. The summed E-state index contributed by atoms with van der Waals surface area (Å²) in [5.74, 6) is 0.184. The van der Waals surface area contributed by atoms with Crippen molar-refractivity contribution in [1.29, 1.82) is 0 Å². The number of likely N-dealkylation sites (N-methyl/N-ethyl adjacent to an activating group) is 1. The van der Waals surface area contributed by atoms with E-state index in [4.69, 9.17) is 0 Å². The molecular formula is C16H26N2O2. The number of hydrogen-bond acceptors (Lipinski definition) is 4. The highest BCUT2D eigenvalue weighted by Crippen LogP contribution is 2.31. The van der Waals surface area contributed by atoms with Crippen molar-refractivity contribution >= 4 is 5.69 Å². The first kappa shape index (κ1) is 15.1. The van der Waals surface area contributed by atoms with Crippen LogP contribution in [0, 0.1) is 0 Å². The van der Waals surface area contributed by atoms with Crippen LogP contribution in [-0.4, -0.2) is 47.3 Å². The molecule has 1 saturated heterocycles. The Morgan fingerprint density at radius 2 is 2.05 bits per heavy atom. The largest absolute Gasteiger partial charge is 0.507 e. The Kier molecular flexibility index (Phi) is 4.89. The molecule has 0 aliphatic carbocycles. The molecule has 0 bridgehead atoms. The fourth-order valence-corrected chi connectivity index (χ4v) is 3.10. The van der Waals surface area contributed by atoms with Crippen molar-refractivity contribution in [2.75, 3.05) is 31.1 Å². The van der Waals surface area contributed by atoms with Crippen LogP contribution >= 0.6 is 0 Å². The van der Waals surface area contributed by atoms with Crippen LogP contribution in [0.25, 0.3) is 0 Å². The first-order valence-electron chi connectivity index (χ1n) is 7.56. The van der Waals surface area contributed by atoms with Gasteiger partial charge in [-0.15, -0.1) is 0 Å². The molecule has 0 saturated carbocycles. The first-order chi connectivity index (χ1) is 9.56. The molecule has 2 rings (SSSR count). The van der Waals surface area contributed by atoms with Gasteiger partial charge >= 0.3 is 0 Å². The van der Waals surface area contributed by atoms with Crippen molar-refractivity contribution in [1.82, 2.24) is 4.90 Å². The van der Waals surface area contributed by atoms with Crippen LogP contribution in [0.15, 0.2) is 18.2 Å². The van der Waals surface area contributed by atoms with Gasteiger partial charge in [-0.25, -0.2) is 0 Å². The van der Waals surface area contributed by atoms with Gasteiger partial charge in [0.2, 0.25) is 0 Å². The molecule has 1 aromatic rings. The topological polar surface area (TPSA) is 46.9 Å². The van der Waals surface area contributed by atoms with Crippen molar-refractivity contribution in [3.8, 4) is 5.75 Å². The van der Waals surface area contributed by atoms with Crippen LogP contribution < -0.4 is 4.90 Å². The third-order valence-corrected chi connectivity index (χ3v) is 4.32. The van der Waals surface area contributed by atoms with Gasteiger partial charge in [0, 0.05) is 36.4 Å². The van der Waals surface area contributed by atoms with Gasteiger partial charge in [-0.3, -0.25) is 4.90 Å². The van der Waals surface area contributed by atoms with Crippen molar-refractivity contribution in [2.45, 2.75) is 39.3 Å². The predicted octanol–water partition coefficient (Wildman–Crippen LogP) is 2.37. The lowest BCUT2D eigenvalue weighted by molar-refractivity contribution is 0.195. The van der Waals surface area contributed by atoms with Crippen LogP contribution in [0.3, 0.4) is 0 Å². The van der Waals surface area contributed by atoms with E-state index in [1.807, 2.05) is 12.1 Å². The zero-order valence-corrected chi connectivity index (χ0v) is 12.7. The van der Waals surface area contributed by atoms with E-state index >= 15 is 0 Å². The van der Waals surface area contributed by atoms with E-state index in [0.717, 1.165) is 31.9 Å². The molecule has 0 amide bonds. The van der Waals surface area contributed by atoms with Crippen molar-refractivity contribution in [3.63, 3.8) is 0 Å². The second-order valence-corrected chi connectivity index (χ2v) is 5.53. The Labute approximate surface area is 121 Å². The van der Waals surface area contributed by atoms with Crippen LogP contribution in [-0.2, 0) is 0 Å². The number of nitrogens with zero attached hydrogens (tertiary/aromatic N) is 2. The Morgan fingerprint density at radius 1 is 1.35 bits per heavy atom. The number of aromatic hydroxyl groups is 1. The number of benzene rings is 1. The molecule has 4 nitrogen and oxygen atoms in total. The third-order valence-electron chi connectivity index (χ3n) is 4.32. The van der Waals surface area contributed by atoms with Gasteiger partial charge < -0.3 is 15.1 Å². The molecule has 1 aliphatic rings. The number of aliphatic hydroxyl groups excluding tert-OH is 1. The minimum atomic E-state index is -0.633. The van der Waals surface area contributed by atoms with E-state index in [1.165, 1.54) is 6.42 Å². The van der Waals surface area contributed by atoms with Crippen LogP contribution in [0.1, 0.15) is 38.9 Å². The fraction of sp³-hybridized carbons (Fsp3) is 0.625. The summed E-state index contributed by atoms with van der Waals surface area (Å²) in [7, 11) is 0. The van der Waals surface area contributed by atoms with Gasteiger partial charge in [0.25, 0.3) is 0 Å². The molecule has 1 aromatic carbocycles. The van der Waals surface area contributed by atoms with Gasteiger partial charge in [-0.2, -0.15) is 0 Å². The molecule has 0 aromatic heterocycles. The zero-order valence-electron chi connectivity index (χ0n) is 12.7. The summed E-state index contributed by atoms with van der Waals surface area (Å²) >= 11 is 0. The minimum absolute atomic E-state index is 0.184. The quantitative estimate of drug-likeness (QED) is 0.868. The van der Waals surface area contributed by atoms with E-state index in [9.17, 15) is 10.2 Å². The molecule has 2 N–H and O–H groups in total. The normalized spacial score (nSPS) is 20.6. The molecule has 112 valence electrons. The van der Waals surface area contributed by atoms with Crippen LogP contribution in [0.5, 0.6) is 5.75 Å². The number of phenolic OH excluding ortho intramolecular Hbond substituents is 1. The van der Waals surface area contributed by atoms with Gasteiger partial charge in [0.1, 0.15) is 5.75 Å². The Bertz CT molecular complexity index is 444. The highest BCUT2D eigenvalue weighted by molar-refractivity contribution is 5.54. The van der Waals surface area contributed by atoms with Crippen LogP contribution in [0.2, 0.25) is 0 Å². The Balaban J connectivity index is 2.08. The molecule has 0 radical (unpaired) electrons. The number of aliphatic hydroxyl groups is 1.